The first kappa shape index (κ1) is 22.4. The molecule has 6 rings (SSSR count). The molecule has 0 saturated carbocycles. The van der Waals surface area contributed by atoms with Gasteiger partial charge in [-0.25, -0.2) is 4.39 Å². The summed E-state index contributed by atoms with van der Waals surface area (Å²) in [7, 11) is 0. The van der Waals surface area contributed by atoms with E-state index in [1.54, 1.807) is 12.4 Å². The number of rotatable bonds is 7. The van der Waals surface area contributed by atoms with Crippen molar-refractivity contribution in [1.29, 1.82) is 0 Å². The molecule has 1 aliphatic heterocycles. The van der Waals surface area contributed by atoms with Crippen molar-refractivity contribution in [2.45, 2.75) is 19.8 Å². The summed E-state index contributed by atoms with van der Waals surface area (Å²) < 4.78 is 20.5. The van der Waals surface area contributed by atoms with Gasteiger partial charge in [-0.15, -0.1) is 0 Å². The number of nitrogens with one attached hydrogen (secondary N) is 2. The molecule has 0 spiro atoms. The zero-order valence-corrected chi connectivity index (χ0v) is 20.1. The van der Waals surface area contributed by atoms with Gasteiger partial charge in [-0.1, -0.05) is 0 Å². The van der Waals surface area contributed by atoms with E-state index in [-0.39, 0.29) is 5.82 Å². The zero-order valence-electron chi connectivity index (χ0n) is 20.1. The lowest BCUT2D eigenvalue weighted by Crippen LogP contribution is -2.25. The van der Waals surface area contributed by atoms with Crippen molar-refractivity contribution in [1.82, 2.24) is 30.0 Å². The Labute approximate surface area is 208 Å². The van der Waals surface area contributed by atoms with E-state index >= 15 is 0 Å². The summed E-state index contributed by atoms with van der Waals surface area (Å²) in [6.45, 7) is 5.65. The first-order valence-corrected chi connectivity index (χ1v) is 12.2. The first-order chi connectivity index (χ1) is 17.6. The van der Waals surface area contributed by atoms with Gasteiger partial charge < -0.3 is 9.72 Å². The Morgan fingerprint density at radius 2 is 1.92 bits per heavy atom. The van der Waals surface area contributed by atoms with Crippen LogP contribution < -0.4 is 4.74 Å². The number of fused-ring (bicyclic) bond motifs is 1. The summed E-state index contributed by atoms with van der Waals surface area (Å²) in [5.74, 6) is 0.173. The van der Waals surface area contributed by atoms with Crippen molar-refractivity contribution in [2.75, 3.05) is 26.2 Å². The fourth-order valence-corrected chi connectivity index (χ4v) is 4.84. The lowest BCUT2D eigenvalue weighted by Gasteiger charge is -2.15. The Bertz CT molecular complexity index is 1520. The quantitative estimate of drug-likeness (QED) is 0.315. The minimum absolute atomic E-state index is 0.344. The highest BCUT2D eigenvalue weighted by Gasteiger charge is 2.15. The van der Waals surface area contributed by atoms with Crippen molar-refractivity contribution in [3.05, 3.63) is 72.4 Å². The molecular weight excluding hydrogens is 455 g/mol. The maximum Gasteiger partial charge on any atom is 0.127 e. The largest absolute Gasteiger partial charge is 0.492 e. The molecule has 36 heavy (non-hydrogen) atoms. The summed E-state index contributed by atoms with van der Waals surface area (Å²) in [6.07, 6.45) is 7.79. The summed E-state index contributed by atoms with van der Waals surface area (Å²) in [4.78, 5) is 14.6. The number of aromatic amines is 2. The van der Waals surface area contributed by atoms with Crippen molar-refractivity contribution >= 4 is 10.9 Å². The van der Waals surface area contributed by atoms with Crippen LogP contribution in [0.2, 0.25) is 0 Å². The number of hydrogen-bond acceptors (Lipinski definition) is 5. The van der Waals surface area contributed by atoms with E-state index in [1.165, 1.54) is 25.0 Å². The number of H-pyrrole nitrogens is 2. The Morgan fingerprint density at radius 1 is 1.03 bits per heavy atom. The minimum atomic E-state index is -0.344. The third-order valence-corrected chi connectivity index (χ3v) is 6.75. The average Bonchev–Trinajstić information content (AvgIpc) is 3.64. The van der Waals surface area contributed by atoms with Crippen LogP contribution in [-0.2, 0) is 0 Å². The topological polar surface area (TPSA) is 82.7 Å². The zero-order chi connectivity index (χ0) is 24.5. The van der Waals surface area contributed by atoms with Gasteiger partial charge in [0.1, 0.15) is 18.2 Å². The summed E-state index contributed by atoms with van der Waals surface area (Å²) in [5, 5.41) is 8.50. The normalized spacial score (nSPS) is 14.1. The molecule has 0 aliphatic carbocycles. The second-order valence-electron chi connectivity index (χ2n) is 9.23. The van der Waals surface area contributed by atoms with Gasteiger partial charge in [0.05, 0.1) is 22.8 Å². The molecule has 5 heterocycles. The Kier molecular flexibility index (Phi) is 5.95. The number of likely N-dealkylation sites (tertiary alicyclic amines) is 1. The van der Waals surface area contributed by atoms with E-state index < -0.39 is 0 Å². The molecule has 0 amide bonds. The van der Waals surface area contributed by atoms with Crippen LogP contribution in [0.3, 0.4) is 0 Å². The highest BCUT2D eigenvalue weighted by Crippen LogP contribution is 2.33. The predicted octanol–water partition coefficient (Wildman–Crippen LogP) is 5.60. The second-order valence-corrected chi connectivity index (χ2v) is 9.23. The van der Waals surface area contributed by atoms with Gasteiger partial charge in [-0.05, 0) is 74.8 Å². The lowest BCUT2D eigenvalue weighted by molar-refractivity contribution is 0.237. The Morgan fingerprint density at radius 3 is 2.78 bits per heavy atom. The molecule has 0 unspecified atom stereocenters. The number of aryl methyl sites for hydroxylation is 1. The molecular formula is C28H27FN6O. The van der Waals surface area contributed by atoms with Gasteiger partial charge in [0.25, 0.3) is 0 Å². The number of benzene rings is 1. The summed E-state index contributed by atoms with van der Waals surface area (Å²) in [6, 6.07) is 12.7. The molecule has 182 valence electrons. The summed E-state index contributed by atoms with van der Waals surface area (Å²) >= 11 is 0. The van der Waals surface area contributed by atoms with E-state index in [2.05, 4.69) is 30.0 Å². The molecule has 0 bridgehead atoms. The molecule has 4 aromatic heterocycles. The maximum atomic E-state index is 14.6. The maximum absolute atomic E-state index is 14.6. The highest BCUT2D eigenvalue weighted by molar-refractivity contribution is 5.96. The van der Waals surface area contributed by atoms with Crippen LogP contribution >= 0.6 is 0 Å². The van der Waals surface area contributed by atoms with Crippen molar-refractivity contribution in [3.63, 3.8) is 0 Å². The molecule has 2 N–H and O–H groups in total. The number of halogens is 1. The molecule has 1 aromatic carbocycles. The van der Waals surface area contributed by atoms with Gasteiger partial charge in [0, 0.05) is 53.2 Å². The molecule has 1 fully saturated rings. The van der Waals surface area contributed by atoms with Gasteiger partial charge >= 0.3 is 0 Å². The van der Waals surface area contributed by atoms with Crippen LogP contribution in [0, 0.1) is 12.7 Å². The third kappa shape index (κ3) is 4.47. The molecule has 5 aromatic rings. The molecule has 0 radical (unpaired) electrons. The van der Waals surface area contributed by atoms with E-state index in [9.17, 15) is 4.39 Å². The number of ether oxygens (including phenoxy) is 1. The molecule has 8 heteroatoms. The van der Waals surface area contributed by atoms with Gasteiger partial charge in [0.15, 0.2) is 0 Å². The van der Waals surface area contributed by atoms with Gasteiger partial charge in [-0.3, -0.25) is 20.0 Å². The first-order valence-electron chi connectivity index (χ1n) is 12.2. The molecule has 7 nitrogen and oxygen atoms in total. The van der Waals surface area contributed by atoms with Crippen LogP contribution in [0.5, 0.6) is 5.75 Å². The monoisotopic (exact) mass is 482 g/mol. The fourth-order valence-electron chi connectivity index (χ4n) is 4.84. The number of pyridine rings is 2. The van der Waals surface area contributed by atoms with E-state index in [0.717, 1.165) is 58.7 Å². The summed E-state index contributed by atoms with van der Waals surface area (Å²) in [5.41, 5.74) is 6.92. The Balaban J connectivity index is 1.29. The van der Waals surface area contributed by atoms with Crippen LogP contribution in [0.1, 0.15) is 18.4 Å². The van der Waals surface area contributed by atoms with Gasteiger partial charge in [-0.2, -0.15) is 5.10 Å². The van der Waals surface area contributed by atoms with Crippen molar-refractivity contribution in [3.8, 4) is 39.7 Å². The highest BCUT2D eigenvalue weighted by atomic mass is 19.1. The average molecular weight is 483 g/mol. The molecule has 1 aliphatic rings. The van der Waals surface area contributed by atoms with E-state index in [4.69, 9.17) is 4.74 Å². The van der Waals surface area contributed by atoms with Crippen LogP contribution in [0.4, 0.5) is 4.39 Å². The SMILES string of the molecule is Cc1ccncc1-c1cc(-c2cc3c(-c4cc(F)cc(OCCN5CCCC5)c4)nccc3[nH]2)[nH]n1. The van der Waals surface area contributed by atoms with Crippen LogP contribution in [0.15, 0.2) is 61.1 Å². The predicted molar refractivity (Wildman–Crippen MR) is 138 cm³/mol. The molecule has 0 atom stereocenters. The number of hydrogen-bond donors (Lipinski definition) is 2. The smallest absolute Gasteiger partial charge is 0.127 e. The molecule has 1 saturated heterocycles. The third-order valence-electron chi connectivity index (χ3n) is 6.75. The number of nitrogens with zero attached hydrogens (tertiary/aromatic N) is 4. The second kappa shape index (κ2) is 9.54. The van der Waals surface area contributed by atoms with Crippen LogP contribution in [-0.4, -0.2) is 56.3 Å². The van der Waals surface area contributed by atoms with E-state index in [1.807, 2.05) is 43.5 Å². The lowest BCUT2D eigenvalue weighted by atomic mass is 10.1. The minimum Gasteiger partial charge on any atom is -0.492 e. The Hall–Kier alpha value is -4.04. The van der Waals surface area contributed by atoms with Crippen molar-refractivity contribution in [2.24, 2.45) is 0 Å². The standard InChI is InChI=1S/C28H27FN6O/c1-18-4-6-30-17-23(18)25-16-27(34-33-25)26-15-22-24(32-26)5-7-31-28(22)19-12-20(29)14-21(13-19)36-11-10-35-8-2-3-9-35/h4-7,12-17,32H,2-3,8-11H2,1H3,(H,33,34). The number of aromatic nitrogens is 5. The van der Waals surface area contributed by atoms with Crippen LogP contribution in [0.25, 0.3) is 44.8 Å². The van der Waals surface area contributed by atoms with Crippen molar-refractivity contribution < 1.29 is 9.13 Å². The fraction of sp³-hybridized carbons (Fsp3) is 0.250. The van der Waals surface area contributed by atoms with E-state index in [0.29, 0.717) is 23.6 Å². The van der Waals surface area contributed by atoms with Gasteiger partial charge in [0.2, 0.25) is 0 Å².